The van der Waals surface area contributed by atoms with Gasteiger partial charge >= 0.3 is 0 Å². The highest BCUT2D eigenvalue weighted by molar-refractivity contribution is 7.19. The highest BCUT2D eigenvalue weighted by Crippen LogP contribution is 2.38. The summed E-state index contributed by atoms with van der Waals surface area (Å²) in [5, 5.41) is 1.11. The van der Waals surface area contributed by atoms with E-state index in [1.165, 1.54) is 29.7 Å². The van der Waals surface area contributed by atoms with Crippen molar-refractivity contribution < 1.29 is 0 Å². The maximum atomic E-state index is 5.75. The third kappa shape index (κ3) is 2.24. The second-order valence-corrected chi connectivity index (χ2v) is 6.60. The van der Waals surface area contributed by atoms with Gasteiger partial charge in [0.25, 0.3) is 0 Å². The van der Waals surface area contributed by atoms with Crippen molar-refractivity contribution in [3.8, 4) is 11.4 Å². The molecule has 6 heteroatoms. The Morgan fingerprint density at radius 3 is 2.68 bits per heavy atom. The Balaban J connectivity index is 1.94. The normalized spacial score (nSPS) is 14.6. The van der Waals surface area contributed by atoms with E-state index < -0.39 is 0 Å². The number of rotatable bonds is 2. The first-order valence-corrected chi connectivity index (χ1v) is 8.38. The first-order valence-electron chi connectivity index (χ1n) is 7.56. The van der Waals surface area contributed by atoms with E-state index >= 15 is 0 Å². The predicted molar refractivity (Wildman–Crippen MR) is 89.7 cm³/mol. The molecule has 0 saturated carbocycles. The van der Waals surface area contributed by atoms with Gasteiger partial charge in [-0.1, -0.05) is 6.42 Å². The van der Waals surface area contributed by atoms with Crippen LogP contribution in [0.4, 0.5) is 5.82 Å². The van der Waals surface area contributed by atoms with Gasteiger partial charge in [-0.2, -0.15) is 0 Å². The van der Waals surface area contributed by atoms with E-state index in [2.05, 4.69) is 15.4 Å². The van der Waals surface area contributed by atoms with Gasteiger partial charge in [0.15, 0.2) is 11.6 Å². The van der Waals surface area contributed by atoms with Crippen molar-refractivity contribution in [2.75, 3.05) is 5.43 Å². The summed E-state index contributed by atoms with van der Waals surface area (Å²) in [5.74, 6) is 7.17. The van der Waals surface area contributed by atoms with Crippen LogP contribution in [0.25, 0.3) is 21.6 Å². The van der Waals surface area contributed by atoms with Crippen LogP contribution in [0.15, 0.2) is 24.5 Å². The molecule has 0 atom stereocenters. The van der Waals surface area contributed by atoms with Gasteiger partial charge in [0.05, 0.1) is 5.39 Å². The SMILES string of the molecule is NNc1nc(-c2ccncc2)nc2sc3c(c12)CCCCC3. The zero-order valence-corrected chi connectivity index (χ0v) is 13.0. The summed E-state index contributed by atoms with van der Waals surface area (Å²) in [5.41, 5.74) is 5.13. The molecule has 0 radical (unpaired) electrons. The van der Waals surface area contributed by atoms with Crippen LogP contribution < -0.4 is 11.3 Å². The number of aryl methyl sites for hydroxylation is 2. The van der Waals surface area contributed by atoms with E-state index in [1.54, 1.807) is 23.7 Å². The molecule has 0 spiro atoms. The minimum atomic E-state index is 0.694. The number of nitrogen functional groups attached to an aromatic ring is 1. The predicted octanol–water partition coefficient (Wildman–Crippen LogP) is 3.31. The first-order chi connectivity index (χ1) is 10.9. The smallest absolute Gasteiger partial charge is 0.163 e. The molecule has 3 N–H and O–H groups in total. The number of aromatic nitrogens is 3. The maximum Gasteiger partial charge on any atom is 0.163 e. The minimum absolute atomic E-state index is 0.694. The van der Waals surface area contributed by atoms with Crippen molar-refractivity contribution in [1.29, 1.82) is 0 Å². The molecule has 0 aliphatic heterocycles. The number of pyridine rings is 1. The molecule has 1 aliphatic carbocycles. The van der Waals surface area contributed by atoms with Crippen molar-refractivity contribution in [3.05, 3.63) is 35.0 Å². The number of fused-ring (bicyclic) bond motifs is 3. The van der Waals surface area contributed by atoms with E-state index in [0.29, 0.717) is 5.82 Å². The molecule has 3 heterocycles. The lowest BCUT2D eigenvalue weighted by atomic mass is 10.1. The Hall–Kier alpha value is -2.05. The molecule has 0 amide bonds. The molecule has 3 aromatic heterocycles. The molecule has 0 unspecified atom stereocenters. The summed E-state index contributed by atoms with van der Waals surface area (Å²) in [6.07, 6.45) is 9.53. The van der Waals surface area contributed by atoms with Crippen molar-refractivity contribution in [2.24, 2.45) is 5.84 Å². The Labute approximate surface area is 132 Å². The lowest BCUT2D eigenvalue weighted by Gasteiger charge is -2.07. The third-order valence-corrected chi connectivity index (χ3v) is 5.33. The van der Waals surface area contributed by atoms with Crippen LogP contribution >= 0.6 is 11.3 Å². The summed E-state index contributed by atoms with van der Waals surface area (Å²) >= 11 is 1.79. The average molecular weight is 311 g/mol. The Kier molecular flexibility index (Phi) is 3.48. The van der Waals surface area contributed by atoms with Gasteiger partial charge in [-0.05, 0) is 43.4 Å². The van der Waals surface area contributed by atoms with Crippen LogP contribution in [0.5, 0.6) is 0 Å². The number of nitrogens with zero attached hydrogens (tertiary/aromatic N) is 3. The van der Waals surface area contributed by atoms with Crippen LogP contribution in [0, 0.1) is 0 Å². The monoisotopic (exact) mass is 311 g/mol. The quantitative estimate of drug-likeness (QED) is 0.431. The van der Waals surface area contributed by atoms with Crippen LogP contribution in [0.2, 0.25) is 0 Å². The second-order valence-electron chi connectivity index (χ2n) is 5.52. The van der Waals surface area contributed by atoms with Gasteiger partial charge in [0, 0.05) is 22.8 Å². The average Bonchev–Trinajstić information content (AvgIpc) is 2.76. The van der Waals surface area contributed by atoms with Gasteiger partial charge in [-0.3, -0.25) is 4.98 Å². The molecule has 5 nitrogen and oxygen atoms in total. The number of hydrogen-bond acceptors (Lipinski definition) is 6. The van der Waals surface area contributed by atoms with Crippen LogP contribution in [0.3, 0.4) is 0 Å². The van der Waals surface area contributed by atoms with Crippen molar-refractivity contribution in [3.63, 3.8) is 0 Å². The van der Waals surface area contributed by atoms with Gasteiger partial charge in [0.1, 0.15) is 4.83 Å². The molecule has 0 bridgehead atoms. The number of nitrogens with two attached hydrogens (primary N) is 1. The van der Waals surface area contributed by atoms with E-state index in [-0.39, 0.29) is 0 Å². The standard InChI is InChI=1S/C16H17N5S/c17-21-15-13-11-4-2-1-3-5-12(11)22-16(13)20-14(19-15)10-6-8-18-9-7-10/h6-9H,1-5,17H2,(H,19,20,21). The molecule has 1 aliphatic rings. The van der Waals surface area contributed by atoms with Crippen molar-refractivity contribution in [1.82, 2.24) is 15.0 Å². The summed E-state index contributed by atoms with van der Waals surface area (Å²) < 4.78 is 0. The summed E-state index contributed by atoms with van der Waals surface area (Å²) in [6, 6.07) is 3.83. The number of hydrazine groups is 1. The zero-order valence-electron chi connectivity index (χ0n) is 12.2. The summed E-state index contributed by atoms with van der Waals surface area (Å²) in [4.78, 5) is 15.9. The second kappa shape index (κ2) is 5.62. The molecule has 0 fully saturated rings. The number of anilines is 1. The zero-order chi connectivity index (χ0) is 14.9. The molecule has 22 heavy (non-hydrogen) atoms. The largest absolute Gasteiger partial charge is 0.308 e. The molecule has 3 aromatic rings. The van der Waals surface area contributed by atoms with Crippen molar-refractivity contribution in [2.45, 2.75) is 32.1 Å². The minimum Gasteiger partial charge on any atom is -0.308 e. The lowest BCUT2D eigenvalue weighted by Crippen LogP contribution is -2.10. The fraction of sp³-hybridized carbons (Fsp3) is 0.312. The third-order valence-electron chi connectivity index (χ3n) is 4.14. The van der Waals surface area contributed by atoms with Crippen molar-refractivity contribution >= 4 is 27.4 Å². The molecule has 4 rings (SSSR count). The lowest BCUT2D eigenvalue weighted by molar-refractivity contribution is 0.713. The number of thiophene rings is 1. The van der Waals surface area contributed by atoms with Gasteiger partial charge < -0.3 is 5.43 Å². The molecular weight excluding hydrogens is 294 g/mol. The molecule has 0 aromatic carbocycles. The Bertz CT molecular complexity index is 812. The molecule has 0 saturated heterocycles. The Morgan fingerprint density at radius 2 is 1.86 bits per heavy atom. The van der Waals surface area contributed by atoms with E-state index in [9.17, 15) is 0 Å². The highest BCUT2D eigenvalue weighted by atomic mass is 32.1. The first kappa shape index (κ1) is 13.6. The van der Waals surface area contributed by atoms with Crippen LogP contribution in [-0.4, -0.2) is 15.0 Å². The van der Waals surface area contributed by atoms with Gasteiger partial charge in [-0.25, -0.2) is 15.8 Å². The fourth-order valence-electron chi connectivity index (χ4n) is 3.07. The number of hydrogen-bond donors (Lipinski definition) is 2. The van der Waals surface area contributed by atoms with Gasteiger partial charge in [-0.15, -0.1) is 11.3 Å². The van der Waals surface area contributed by atoms with E-state index in [1.807, 2.05) is 12.1 Å². The molecular formula is C16H17N5S. The molecule has 112 valence electrons. The van der Waals surface area contributed by atoms with Gasteiger partial charge in [0.2, 0.25) is 0 Å². The number of nitrogens with one attached hydrogen (secondary N) is 1. The van der Waals surface area contributed by atoms with E-state index in [4.69, 9.17) is 10.8 Å². The van der Waals surface area contributed by atoms with Crippen LogP contribution in [-0.2, 0) is 12.8 Å². The van der Waals surface area contributed by atoms with E-state index in [0.717, 1.165) is 34.4 Å². The summed E-state index contributed by atoms with van der Waals surface area (Å²) in [6.45, 7) is 0. The maximum absolute atomic E-state index is 5.75. The topological polar surface area (TPSA) is 76.7 Å². The summed E-state index contributed by atoms with van der Waals surface area (Å²) in [7, 11) is 0. The Morgan fingerprint density at radius 1 is 1.05 bits per heavy atom. The highest BCUT2D eigenvalue weighted by Gasteiger charge is 2.20. The van der Waals surface area contributed by atoms with Crippen LogP contribution in [0.1, 0.15) is 29.7 Å². The fourth-order valence-corrected chi connectivity index (χ4v) is 4.33.